The maximum Gasteiger partial charge on any atom is 0.312 e. The molecule has 0 aliphatic carbocycles. The summed E-state index contributed by atoms with van der Waals surface area (Å²) in [7, 11) is 0. The zero-order valence-electron chi connectivity index (χ0n) is 22.8. The number of benzene rings is 2. The van der Waals surface area contributed by atoms with Crippen LogP contribution in [0.5, 0.6) is 0 Å². The number of hydrogen-bond acceptors (Lipinski definition) is 6. The van der Waals surface area contributed by atoms with E-state index in [1.807, 2.05) is 60.7 Å². The van der Waals surface area contributed by atoms with Crippen LogP contribution in [0, 0.1) is 11.8 Å². The predicted octanol–water partition coefficient (Wildman–Crippen LogP) is 3.80. The van der Waals surface area contributed by atoms with E-state index in [4.69, 9.17) is 9.47 Å². The third kappa shape index (κ3) is 5.15. The Balaban J connectivity index is 1.59. The maximum atomic E-state index is 14.6. The molecule has 41 heavy (non-hydrogen) atoms. The number of carbonyl (C=O) groups is 3. The van der Waals surface area contributed by atoms with E-state index in [2.05, 4.69) is 29.1 Å². The number of hydrogen-bond donors (Lipinski definition) is 1. The van der Waals surface area contributed by atoms with E-state index in [0.29, 0.717) is 24.9 Å². The molecule has 5 rings (SSSR count). The predicted molar refractivity (Wildman–Crippen MR) is 157 cm³/mol. The van der Waals surface area contributed by atoms with Crippen LogP contribution in [0.25, 0.3) is 0 Å². The number of likely N-dealkylation sites (tertiary alicyclic amines) is 1. The Morgan fingerprint density at radius 1 is 1.15 bits per heavy atom. The number of carbonyl (C=O) groups excluding carboxylic acids is 3. The van der Waals surface area contributed by atoms with Crippen LogP contribution >= 0.6 is 15.9 Å². The van der Waals surface area contributed by atoms with E-state index in [1.165, 1.54) is 4.90 Å². The average Bonchev–Trinajstić information content (AvgIpc) is 3.58. The van der Waals surface area contributed by atoms with Crippen molar-refractivity contribution < 1.29 is 29.0 Å². The van der Waals surface area contributed by atoms with Gasteiger partial charge in [0.15, 0.2) is 0 Å². The molecule has 0 radical (unpaired) electrons. The summed E-state index contributed by atoms with van der Waals surface area (Å²) in [6.07, 6.45) is 3.53. The van der Waals surface area contributed by atoms with Crippen LogP contribution in [-0.4, -0.2) is 75.0 Å². The van der Waals surface area contributed by atoms with E-state index in [1.54, 1.807) is 17.1 Å². The summed E-state index contributed by atoms with van der Waals surface area (Å²) in [6, 6.07) is 16.8. The number of nitrogens with zero attached hydrogens (tertiary/aromatic N) is 2. The third-order valence-corrected chi connectivity index (χ3v) is 9.21. The van der Waals surface area contributed by atoms with Crippen molar-refractivity contribution in [3.05, 3.63) is 97.1 Å². The maximum absolute atomic E-state index is 14.6. The second-order valence-electron chi connectivity index (χ2n) is 10.8. The topological polar surface area (TPSA) is 96.4 Å². The molecule has 3 unspecified atom stereocenters. The summed E-state index contributed by atoms with van der Waals surface area (Å²) < 4.78 is 12.1. The summed E-state index contributed by atoms with van der Waals surface area (Å²) >= 11 is 3.69. The van der Waals surface area contributed by atoms with E-state index in [0.717, 1.165) is 5.56 Å². The number of rotatable bonds is 12. The molecular formula is C32H35BrN2O6. The highest BCUT2D eigenvalue weighted by Gasteiger charge is 2.77. The molecular weight excluding hydrogens is 588 g/mol. The molecule has 3 heterocycles. The highest BCUT2D eigenvalue weighted by molar-refractivity contribution is 9.09. The normalized spacial score (nSPS) is 28.7. The van der Waals surface area contributed by atoms with Gasteiger partial charge in [0.05, 0.1) is 37.2 Å². The Morgan fingerprint density at radius 2 is 1.83 bits per heavy atom. The smallest absolute Gasteiger partial charge is 0.312 e. The Labute approximate surface area is 248 Å². The zero-order chi connectivity index (χ0) is 29.1. The molecule has 7 atom stereocenters. The summed E-state index contributed by atoms with van der Waals surface area (Å²) in [4.78, 5) is 45.4. The minimum absolute atomic E-state index is 0.145. The lowest BCUT2D eigenvalue weighted by Gasteiger charge is -2.39. The van der Waals surface area contributed by atoms with Crippen LogP contribution in [0.15, 0.2) is 86.0 Å². The number of amides is 2. The Morgan fingerprint density at radius 3 is 2.46 bits per heavy atom. The molecule has 3 saturated heterocycles. The van der Waals surface area contributed by atoms with Gasteiger partial charge in [-0.3, -0.25) is 14.4 Å². The minimum Gasteiger partial charge on any atom is -0.465 e. The van der Waals surface area contributed by atoms with Gasteiger partial charge in [0.2, 0.25) is 11.8 Å². The van der Waals surface area contributed by atoms with Crippen molar-refractivity contribution in [2.45, 2.75) is 48.0 Å². The first-order valence-electron chi connectivity index (χ1n) is 13.9. The molecule has 0 aromatic heterocycles. The van der Waals surface area contributed by atoms with Gasteiger partial charge >= 0.3 is 5.97 Å². The molecule has 9 heteroatoms. The largest absolute Gasteiger partial charge is 0.465 e. The van der Waals surface area contributed by atoms with Gasteiger partial charge in [-0.1, -0.05) is 88.7 Å². The third-order valence-electron chi connectivity index (χ3n) is 8.37. The van der Waals surface area contributed by atoms with Crippen molar-refractivity contribution >= 4 is 33.7 Å². The van der Waals surface area contributed by atoms with Crippen molar-refractivity contribution in [1.29, 1.82) is 0 Å². The summed E-state index contributed by atoms with van der Waals surface area (Å²) in [6.45, 7) is 7.81. The number of fused-ring (bicyclic) bond motifs is 1. The second kappa shape index (κ2) is 12.3. The van der Waals surface area contributed by atoms with Crippen LogP contribution < -0.4 is 0 Å². The fourth-order valence-electron chi connectivity index (χ4n) is 6.69. The molecule has 2 amide bonds. The molecule has 2 bridgehead atoms. The van der Waals surface area contributed by atoms with Crippen molar-refractivity contribution in [3.8, 4) is 0 Å². The van der Waals surface area contributed by atoms with Gasteiger partial charge in [-0.2, -0.15) is 0 Å². The van der Waals surface area contributed by atoms with Crippen LogP contribution in [0.4, 0.5) is 0 Å². The number of alkyl halides is 1. The quantitative estimate of drug-likeness (QED) is 0.167. The summed E-state index contributed by atoms with van der Waals surface area (Å²) in [5.41, 5.74) is 0.340. The first kappa shape index (κ1) is 29.2. The number of esters is 1. The zero-order valence-corrected chi connectivity index (χ0v) is 24.4. The molecule has 3 fully saturated rings. The first-order valence-corrected chi connectivity index (χ1v) is 14.8. The molecule has 3 aliphatic rings. The van der Waals surface area contributed by atoms with Gasteiger partial charge in [0.25, 0.3) is 0 Å². The lowest BCUT2D eigenvalue weighted by atomic mass is 9.70. The highest BCUT2D eigenvalue weighted by atomic mass is 79.9. The number of halogens is 1. The monoisotopic (exact) mass is 622 g/mol. The standard InChI is InChI=1S/C32H35BrN2O6/c1-3-5-17-40-31(39)25-26-29(37)35(24(20-36)22-14-10-7-11-15-22)28(32(26)18-23(33)27(25)41-32)30(38)34(16-4-2)19-21-12-8-6-9-13-21/h3-4,6-15,23-28,36H,1-2,5,16-20H2/t23?,24-,25+,26+,27+,28?,32?/m1/s1. The van der Waals surface area contributed by atoms with Crippen molar-refractivity contribution in [1.82, 2.24) is 9.80 Å². The van der Waals surface area contributed by atoms with Gasteiger partial charge in [-0.05, 0) is 24.0 Å². The molecule has 1 spiro atoms. The van der Waals surface area contributed by atoms with E-state index < -0.39 is 54.1 Å². The van der Waals surface area contributed by atoms with Crippen LogP contribution in [0.1, 0.15) is 30.0 Å². The molecule has 0 saturated carbocycles. The molecule has 1 N–H and O–H groups in total. The van der Waals surface area contributed by atoms with E-state index in [9.17, 15) is 19.5 Å². The molecule has 8 nitrogen and oxygen atoms in total. The van der Waals surface area contributed by atoms with Crippen LogP contribution in [0.3, 0.4) is 0 Å². The lowest BCUT2D eigenvalue weighted by Crippen LogP contribution is -2.57. The fraction of sp³-hybridized carbons (Fsp3) is 0.406. The Bertz CT molecular complexity index is 1290. The van der Waals surface area contributed by atoms with Gasteiger partial charge in [-0.15, -0.1) is 13.2 Å². The average molecular weight is 624 g/mol. The van der Waals surface area contributed by atoms with Crippen LogP contribution in [-0.2, 0) is 30.4 Å². The fourth-order valence-corrected chi connectivity index (χ4v) is 7.63. The molecule has 216 valence electrons. The first-order chi connectivity index (χ1) is 19.9. The van der Waals surface area contributed by atoms with E-state index >= 15 is 0 Å². The van der Waals surface area contributed by atoms with Crippen LogP contribution in [0.2, 0.25) is 0 Å². The van der Waals surface area contributed by atoms with Crippen molar-refractivity contribution in [2.24, 2.45) is 11.8 Å². The Hall–Kier alpha value is -3.27. The molecule has 2 aromatic rings. The van der Waals surface area contributed by atoms with Gasteiger partial charge < -0.3 is 24.4 Å². The Kier molecular flexibility index (Phi) is 8.77. The van der Waals surface area contributed by atoms with Gasteiger partial charge in [0.1, 0.15) is 11.6 Å². The number of aliphatic hydroxyl groups excluding tert-OH is 1. The SMILES string of the molecule is C=CCCOC(=O)[C@H]1[C@H]2C(=O)N([C@H](CO)c3ccccc3)C(C(=O)N(CC=C)Cc3ccccc3)C23CC(Br)[C@@H]1O3. The highest BCUT2D eigenvalue weighted by Crippen LogP contribution is 2.61. The molecule has 2 aromatic carbocycles. The van der Waals surface area contributed by atoms with E-state index in [-0.39, 0.29) is 23.9 Å². The van der Waals surface area contributed by atoms with Crippen molar-refractivity contribution in [2.75, 3.05) is 19.8 Å². The molecule has 3 aliphatic heterocycles. The van der Waals surface area contributed by atoms with Gasteiger partial charge in [-0.25, -0.2) is 0 Å². The number of ether oxygens (including phenoxy) is 2. The minimum atomic E-state index is -1.27. The summed E-state index contributed by atoms with van der Waals surface area (Å²) in [5.74, 6) is -3.05. The number of aliphatic hydroxyl groups is 1. The second-order valence-corrected chi connectivity index (χ2v) is 11.9. The summed E-state index contributed by atoms with van der Waals surface area (Å²) in [5, 5.41) is 10.6. The van der Waals surface area contributed by atoms with Crippen molar-refractivity contribution in [3.63, 3.8) is 0 Å². The van der Waals surface area contributed by atoms with Gasteiger partial charge in [0, 0.05) is 17.9 Å². The lowest BCUT2D eigenvalue weighted by molar-refractivity contribution is -0.156.